The zero-order valence-electron chi connectivity index (χ0n) is 9.76. The Morgan fingerprint density at radius 2 is 2.28 bits per heavy atom. The van der Waals surface area contributed by atoms with E-state index in [1.54, 1.807) is 42.2 Å². The molecule has 0 aliphatic heterocycles. The fourth-order valence-electron chi connectivity index (χ4n) is 1.46. The molecule has 0 aliphatic rings. The monoisotopic (exact) mass is 265 g/mol. The van der Waals surface area contributed by atoms with Crippen molar-refractivity contribution >= 4 is 23.3 Å². The van der Waals surface area contributed by atoms with Crippen LogP contribution in [0.3, 0.4) is 0 Å². The van der Waals surface area contributed by atoms with E-state index in [0.29, 0.717) is 11.4 Å². The molecule has 2 N–H and O–H groups in total. The van der Waals surface area contributed by atoms with Crippen LogP contribution in [0.1, 0.15) is 16.1 Å². The fourth-order valence-corrected chi connectivity index (χ4v) is 1.67. The van der Waals surface area contributed by atoms with Crippen molar-refractivity contribution < 1.29 is 9.53 Å². The van der Waals surface area contributed by atoms with E-state index in [-0.39, 0.29) is 17.2 Å². The van der Waals surface area contributed by atoms with Gasteiger partial charge in [0.25, 0.3) is 0 Å². The summed E-state index contributed by atoms with van der Waals surface area (Å²) in [7, 11) is 1.79. The van der Waals surface area contributed by atoms with Crippen molar-refractivity contribution in [1.29, 1.82) is 0 Å². The number of rotatable bonds is 3. The summed E-state index contributed by atoms with van der Waals surface area (Å²) < 4.78 is 6.74. The molecule has 0 radical (unpaired) electrons. The predicted molar refractivity (Wildman–Crippen MR) is 68.2 cm³/mol. The van der Waals surface area contributed by atoms with Crippen LogP contribution in [0.4, 0.5) is 5.69 Å². The first kappa shape index (κ1) is 12.4. The van der Waals surface area contributed by atoms with Gasteiger partial charge in [0.1, 0.15) is 6.61 Å². The summed E-state index contributed by atoms with van der Waals surface area (Å²) >= 11 is 5.93. The highest BCUT2D eigenvalue weighted by Crippen LogP contribution is 2.23. The molecule has 0 amide bonds. The third kappa shape index (κ3) is 2.62. The van der Waals surface area contributed by atoms with Crippen molar-refractivity contribution in [3.05, 3.63) is 46.7 Å². The topological polar surface area (TPSA) is 70.1 Å². The molecule has 5 nitrogen and oxygen atoms in total. The number of ether oxygens (including phenoxy) is 1. The van der Waals surface area contributed by atoms with Crippen LogP contribution in [0.5, 0.6) is 0 Å². The number of aromatic nitrogens is 2. The molecule has 2 aromatic rings. The predicted octanol–water partition coefficient (Wildman–Crippen LogP) is 2.01. The summed E-state index contributed by atoms with van der Waals surface area (Å²) in [6.07, 6.45) is 1.77. The van der Waals surface area contributed by atoms with Crippen molar-refractivity contribution in [3.63, 3.8) is 0 Å². The lowest BCUT2D eigenvalue weighted by Crippen LogP contribution is -2.07. The van der Waals surface area contributed by atoms with Crippen LogP contribution in [-0.4, -0.2) is 15.7 Å². The van der Waals surface area contributed by atoms with Crippen LogP contribution in [0, 0.1) is 0 Å². The third-order valence-electron chi connectivity index (χ3n) is 2.37. The van der Waals surface area contributed by atoms with Gasteiger partial charge in [-0.05, 0) is 18.2 Å². The highest BCUT2D eigenvalue weighted by Gasteiger charge is 2.14. The zero-order valence-corrected chi connectivity index (χ0v) is 10.5. The van der Waals surface area contributed by atoms with Gasteiger partial charge in [-0.15, -0.1) is 0 Å². The average molecular weight is 266 g/mol. The van der Waals surface area contributed by atoms with Crippen molar-refractivity contribution in [2.24, 2.45) is 7.05 Å². The number of esters is 1. The number of nitrogens with two attached hydrogens (primary N) is 1. The molecule has 1 aromatic carbocycles. The van der Waals surface area contributed by atoms with Gasteiger partial charge in [-0.25, -0.2) is 4.79 Å². The molecule has 94 valence electrons. The van der Waals surface area contributed by atoms with Crippen LogP contribution in [0.15, 0.2) is 30.5 Å². The van der Waals surface area contributed by atoms with Crippen molar-refractivity contribution in [1.82, 2.24) is 9.78 Å². The summed E-state index contributed by atoms with van der Waals surface area (Å²) in [5.41, 5.74) is 6.89. The van der Waals surface area contributed by atoms with Gasteiger partial charge in [0.15, 0.2) is 0 Å². The fraction of sp³-hybridized carbons (Fsp3) is 0.167. The summed E-state index contributed by atoms with van der Waals surface area (Å²) in [4.78, 5) is 11.8. The number of hydrogen-bond acceptors (Lipinski definition) is 4. The highest BCUT2D eigenvalue weighted by molar-refractivity contribution is 6.36. The molecule has 2 rings (SSSR count). The van der Waals surface area contributed by atoms with Gasteiger partial charge in [0, 0.05) is 13.2 Å². The Kier molecular flexibility index (Phi) is 3.53. The molecule has 6 heteroatoms. The van der Waals surface area contributed by atoms with Gasteiger partial charge in [0.2, 0.25) is 0 Å². The molecular weight excluding hydrogens is 254 g/mol. The summed E-state index contributed by atoms with van der Waals surface area (Å²) in [6.45, 7) is 0.102. The number of nitrogens with zero attached hydrogens (tertiary/aromatic N) is 2. The van der Waals surface area contributed by atoms with Gasteiger partial charge in [-0.2, -0.15) is 5.10 Å². The Hall–Kier alpha value is -2.01. The van der Waals surface area contributed by atoms with Gasteiger partial charge in [-0.3, -0.25) is 4.68 Å². The Morgan fingerprint density at radius 3 is 2.94 bits per heavy atom. The highest BCUT2D eigenvalue weighted by atomic mass is 35.5. The number of halogens is 1. The first-order valence-corrected chi connectivity index (χ1v) is 5.65. The van der Waals surface area contributed by atoms with Gasteiger partial charge in [0.05, 0.1) is 22.0 Å². The number of carbonyl (C=O) groups is 1. The Balaban J connectivity index is 2.06. The summed E-state index contributed by atoms with van der Waals surface area (Å²) in [5, 5.41) is 4.31. The molecule has 0 spiro atoms. The quantitative estimate of drug-likeness (QED) is 0.681. The number of benzene rings is 1. The second kappa shape index (κ2) is 5.10. The second-order valence-electron chi connectivity index (χ2n) is 3.77. The number of anilines is 1. The Bertz CT molecular complexity index is 580. The first-order valence-electron chi connectivity index (χ1n) is 5.27. The molecular formula is C12H12ClN3O2. The molecule has 18 heavy (non-hydrogen) atoms. The van der Waals surface area contributed by atoms with Gasteiger partial charge >= 0.3 is 5.97 Å². The number of carbonyl (C=O) groups excluding carboxylic acids is 1. The molecule has 0 unspecified atom stereocenters. The number of aryl methyl sites for hydroxylation is 1. The smallest absolute Gasteiger partial charge is 0.340 e. The lowest BCUT2D eigenvalue weighted by atomic mass is 10.2. The molecule has 0 saturated heterocycles. The minimum absolute atomic E-state index is 0.102. The van der Waals surface area contributed by atoms with E-state index in [9.17, 15) is 4.79 Å². The van der Waals surface area contributed by atoms with E-state index in [0.717, 1.165) is 0 Å². The van der Waals surface area contributed by atoms with Crippen molar-refractivity contribution in [2.45, 2.75) is 6.61 Å². The van der Waals surface area contributed by atoms with Gasteiger partial charge < -0.3 is 10.5 Å². The summed E-state index contributed by atoms with van der Waals surface area (Å²) in [6, 6.07) is 6.62. The molecule has 0 fully saturated rings. The van der Waals surface area contributed by atoms with Crippen LogP contribution in [-0.2, 0) is 18.4 Å². The third-order valence-corrected chi connectivity index (χ3v) is 2.79. The van der Waals surface area contributed by atoms with E-state index in [2.05, 4.69) is 5.10 Å². The molecule has 0 atom stereocenters. The minimum Gasteiger partial charge on any atom is -0.455 e. The zero-order chi connectivity index (χ0) is 13.1. The maximum Gasteiger partial charge on any atom is 0.340 e. The van der Waals surface area contributed by atoms with Gasteiger partial charge in [-0.1, -0.05) is 17.7 Å². The van der Waals surface area contributed by atoms with Crippen LogP contribution in [0.2, 0.25) is 5.02 Å². The first-order chi connectivity index (χ1) is 8.58. The Morgan fingerprint density at radius 1 is 1.50 bits per heavy atom. The molecule has 0 aliphatic carbocycles. The van der Waals surface area contributed by atoms with Crippen molar-refractivity contribution in [3.8, 4) is 0 Å². The lowest BCUT2D eigenvalue weighted by Gasteiger charge is -2.06. The van der Waals surface area contributed by atoms with E-state index < -0.39 is 5.97 Å². The standard InChI is InChI=1S/C12H12ClN3O2/c1-16-6-5-8(15-16)7-18-12(17)9-3-2-4-10(14)11(9)13/h2-6H,7,14H2,1H3. The van der Waals surface area contributed by atoms with E-state index in [4.69, 9.17) is 22.1 Å². The van der Waals surface area contributed by atoms with E-state index >= 15 is 0 Å². The SMILES string of the molecule is Cn1ccc(COC(=O)c2cccc(N)c2Cl)n1. The summed E-state index contributed by atoms with van der Waals surface area (Å²) in [5.74, 6) is -0.516. The van der Waals surface area contributed by atoms with E-state index in [1.807, 2.05) is 0 Å². The average Bonchev–Trinajstić information content (AvgIpc) is 2.76. The maximum atomic E-state index is 11.8. The number of hydrogen-bond donors (Lipinski definition) is 1. The van der Waals surface area contributed by atoms with Crippen LogP contribution in [0.25, 0.3) is 0 Å². The normalized spacial score (nSPS) is 10.3. The molecule has 0 saturated carbocycles. The minimum atomic E-state index is -0.516. The largest absolute Gasteiger partial charge is 0.455 e. The lowest BCUT2D eigenvalue weighted by molar-refractivity contribution is 0.0467. The van der Waals surface area contributed by atoms with Crippen LogP contribution < -0.4 is 5.73 Å². The second-order valence-corrected chi connectivity index (χ2v) is 4.14. The maximum absolute atomic E-state index is 11.8. The Labute approximate surface area is 109 Å². The molecule has 0 bridgehead atoms. The molecule has 1 heterocycles. The van der Waals surface area contributed by atoms with E-state index in [1.165, 1.54) is 0 Å². The molecule has 1 aromatic heterocycles. The van der Waals surface area contributed by atoms with Crippen LogP contribution >= 0.6 is 11.6 Å². The van der Waals surface area contributed by atoms with Crippen molar-refractivity contribution in [2.75, 3.05) is 5.73 Å². The number of nitrogen functional groups attached to an aromatic ring is 1.